The summed E-state index contributed by atoms with van der Waals surface area (Å²) in [6, 6.07) is 25.9. The van der Waals surface area contributed by atoms with Gasteiger partial charge in [0.2, 0.25) is 11.8 Å². The summed E-state index contributed by atoms with van der Waals surface area (Å²) in [4.78, 5) is 18.8. The molecular weight excluding hydrogens is 810 g/mol. The first kappa shape index (κ1) is 43.5. The lowest BCUT2D eigenvalue weighted by molar-refractivity contribution is 0.0696. The Labute approximate surface area is 351 Å². The van der Waals surface area contributed by atoms with Gasteiger partial charge in [-0.05, 0) is 106 Å². The summed E-state index contributed by atoms with van der Waals surface area (Å²) in [5.41, 5.74) is 6.59. The fourth-order valence-corrected chi connectivity index (χ4v) is 5.62. The normalized spacial score (nSPS) is 10.5. The molecule has 0 aliphatic rings. The van der Waals surface area contributed by atoms with Crippen molar-refractivity contribution in [2.75, 3.05) is 0 Å². The van der Waals surface area contributed by atoms with E-state index < -0.39 is 5.97 Å². The van der Waals surface area contributed by atoms with Crippen molar-refractivity contribution in [3.63, 3.8) is 0 Å². The van der Waals surface area contributed by atoms with Crippen molar-refractivity contribution < 1.29 is 51.2 Å². The number of benzene rings is 3. The van der Waals surface area contributed by atoms with Gasteiger partial charge in [-0.1, -0.05) is 15.5 Å². The van der Waals surface area contributed by atoms with Crippen molar-refractivity contribution in [3.05, 3.63) is 172 Å². The summed E-state index contributed by atoms with van der Waals surface area (Å²) in [7, 11) is 0. The van der Waals surface area contributed by atoms with Crippen molar-refractivity contribution in [1.29, 1.82) is 5.26 Å². The Morgan fingerprint density at radius 3 is 1.32 bits per heavy atom. The van der Waals surface area contributed by atoms with Gasteiger partial charge < -0.3 is 33.3 Å². The van der Waals surface area contributed by atoms with Crippen molar-refractivity contribution in [3.8, 4) is 51.6 Å². The zero-order chi connectivity index (χ0) is 44.2. The molecule has 314 valence electrons. The van der Waals surface area contributed by atoms with Crippen LogP contribution in [-0.4, -0.2) is 41.6 Å². The number of nitrogens with zero attached hydrogens (tertiary/aromatic N) is 6. The Morgan fingerprint density at radius 1 is 0.597 bits per heavy atom. The van der Waals surface area contributed by atoms with Crippen LogP contribution in [0.15, 0.2) is 123 Å². The molecule has 0 aliphatic carbocycles. The second-order valence-corrected chi connectivity index (χ2v) is 13.1. The van der Waals surface area contributed by atoms with Gasteiger partial charge in [-0.25, -0.2) is 27.9 Å². The number of pyridine rings is 2. The number of halogens is 3. The minimum Gasteiger partial charge on any atom is -0.478 e. The Morgan fingerprint density at radius 2 is 0.984 bits per heavy atom. The summed E-state index contributed by atoms with van der Waals surface area (Å²) in [6.45, 7) is 5.47. The Kier molecular flexibility index (Phi) is 14.2. The number of ether oxygens (including phenoxy) is 2. The summed E-state index contributed by atoms with van der Waals surface area (Å²) >= 11 is 0. The van der Waals surface area contributed by atoms with Gasteiger partial charge in [0.15, 0.2) is 0 Å². The molecule has 0 spiro atoms. The molecule has 0 saturated heterocycles. The summed E-state index contributed by atoms with van der Waals surface area (Å²) in [5.74, 6) is 0.465. The van der Waals surface area contributed by atoms with E-state index in [2.05, 4.69) is 25.4 Å². The SMILES string of the molecule is Cc1onc(-c2ccc(F)cc2)c1CO.Cc1onc(-c2ccc(F)cc2)c1COc1ccc(C#N)cn1.Cc1onc(-c2ccc(F)cc2)c1COc1ccc(C(=O)O)cn1. The van der Waals surface area contributed by atoms with E-state index in [0.29, 0.717) is 62.5 Å². The van der Waals surface area contributed by atoms with Crippen LogP contribution in [0.1, 0.15) is 49.9 Å². The van der Waals surface area contributed by atoms with Gasteiger partial charge in [0.1, 0.15) is 71.1 Å². The summed E-state index contributed by atoms with van der Waals surface area (Å²) in [6.07, 6.45) is 2.66. The molecule has 5 aromatic heterocycles. The first-order chi connectivity index (χ1) is 29.9. The second-order valence-electron chi connectivity index (χ2n) is 13.1. The van der Waals surface area contributed by atoms with Gasteiger partial charge >= 0.3 is 5.97 Å². The predicted octanol–water partition coefficient (Wildman–Crippen LogP) is 9.38. The minimum atomic E-state index is -1.05. The summed E-state index contributed by atoms with van der Waals surface area (Å²) < 4.78 is 65.4. The lowest BCUT2D eigenvalue weighted by atomic mass is 10.1. The van der Waals surface area contributed by atoms with Crippen LogP contribution in [0.5, 0.6) is 11.8 Å². The third-order valence-corrected chi connectivity index (χ3v) is 9.04. The maximum Gasteiger partial charge on any atom is 0.337 e. The highest BCUT2D eigenvalue weighted by atomic mass is 19.1. The topological polar surface area (TPSA) is 204 Å². The number of carboxylic acids is 1. The molecule has 17 heteroatoms. The van der Waals surface area contributed by atoms with Gasteiger partial charge in [-0.2, -0.15) is 5.26 Å². The number of hydrogen-bond acceptors (Lipinski definition) is 13. The highest BCUT2D eigenvalue weighted by Crippen LogP contribution is 2.29. The first-order valence-electron chi connectivity index (χ1n) is 18.5. The van der Waals surface area contributed by atoms with Crippen LogP contribution < -0.4 is 9.47 Å². The number of carboxylic acid groups (broad SMARTS) is 1. The zero-order valence-corrected chi connectivity index (χ0v) is 33.2. The number of aliphatic hydroxyl groups is 1. The molecule has 0 radical (unpaired) electrons. The fraction of sp³-hybridized carbons (Fsp3) is 0.133. The smallest absolute Gasteiger partial charge is 0.337 e. The molecule has 0 fully saturated rings. The number of aromatic nitrogens is 5. The van der Waals surface area contributed by atoms with E-state index in [-0.39, 0.29) is 48.7 Å². The number of aromatic carboxylic acids is 1. The van der Waals surface area contributed by atoms with Crippen LogP contribution in [0.2, 0.25) is 0 Å². The van der Waals surface area contributed by atoms with Crippen LogP contribution in [0.3, 0.4) is 0 Å². The van der Waals surface area contributed by atoms with E-state index in [1.165, 1.54) is 60.9 Å². The minimum absolute atomic E-state index is 0.0792. The van der Waals surface area contributed by atoms with Crippen molar-refractivity contribution in [2.24, 2.45) is 0 Å². The lowest BCUT2D eigenvalue weighted by Crippen LogP contribution is -2.01. The number of rotatable bonds is 11. The molecule has 0 bridgehead atoms. The molecule has 0 amide bonds. The maximum absolute atomic E-state index is 13.0. The molecule has 0 unspecified atom stereocenters. The van der Waals surface area contributed by atoms with E-state index in [9.17, 15) is 18.0 Å². The van der Waals surface area contributed by atoms with Crippen LogP contribution in [0.25, 0.3) is 33.8 Å². The number of aryl methyl sites for hydroxylation is 3. The van der Waals surface area contributed by atoms with Crippen molar-refractivity contribution >= 4 is 5.97 Å². The molecular formula is C45H35F3N6O8. The fourth-order valence-electron chi connectivity index (χ4n) is 5.62. The van der Waals surface area contributed by atoms with Crippen LogP contribution in [0, 0.1) is 49.6 Å². The number of aliphatic hydroxyl groups excluding tert-OH is 1. The second kappa shape index (κ2) is 20.2. The summed E-state index contributed by atoms with van der Waals surface area (Å²) in [5, 5.41) is 38.6. The van der Waals surface area contributed by atoms with Crippen molar-refractivity contribution in [1.82, 2.24) is 25.4 Å². The monoisotopic (exact) mass is 844 g/mol. The van der Waals surface area contributed by atoms with E-state index in [1.54, 1.807) is 69.3 Å². The van der Waals surface area contributed by atoms with Crippen LogP contribution in [-0.2, 0) is 19.8 Å². The zero-order valence-electron chi connectivity index (χ0n) is 33.2. The van der Waals surface area contributed by atoms with E-state index >= 15 is 0 Å². The van der Waals surface area contributed by atoms with Crippen LogP contribution >= 0.6 is 0 Å². The highest BCUT2D eigenvalue weighted by molar-refractivity contribution is 5.87. The average Bonchev–Trinajstić information content (AvgIpc) is 3.98. The quantitative estimate of drug-likeness (QED) is 0.125. The van der Waals surface area contributed by atoms with Gasteiger partial charge in [-0.3, -0.25) is 0 Å². The molecule has 3 aromatic carbocycles. The Bertz CT molecular complexity index is 2760. The molecule has 8 aromatic rings. The van der Waals surface area contributed by atoms with E-state index in [4.69, 9.17) is 38.5 Å². The number of hydrogen-bond donors (Lipinski definition) is 2. The molecule has 2 N–H and O–H groups in total. The van der Waals surface area contributed by atoms with Gasteiger partial charge in [0, 0.05) is 46.8 Å². The van der Waals surface area contributed by atoms with Crippen molar-refractivity contribution in [2.45, 2.75) is 40.6 Å². The first-order valence-corrected chi connectivity index (χ1v) is 18.5. The largest absolute Gasteiger partial charge is 0.478 e. The number of nitriles is 1. The predicted molar refractivity (Wildman–Crippen MR) is 215 cm³/mol. The van der Waals surface area contributed by atoms with Gasteiger partial charge in [-0.15, -0.1) is 0 Å². The molecule has 5 heterocycles. The molecule has 0 aliphatic heterocycles. The highest BCUT2D eigenvalue weighted by Gasteiger charge is 2.18. The van der Waals surface area contributed by atoms with E-state index in [0.717, 1.165) is 16.7 Å². The molecule has 0 atom stereocenters. The molecule has 14 nitrogen and oxygen atoms in total. The van der Waals surface area contributed by atoms with Crippen LogP contribution in [0.4, 0.5) is 13.2 Å². The van der Waals surface area contributed by atoms with Gasteiger partial charge in [0.25, 0.3) is 0 Å². The standard InChI is InChI=1S/C17H12FN3O2.C17H13FN2O4.C11H10FNO2/c1-11-15(10-22-16-7-2-12(8-19)9-20-16)17(21-23-11)13-3-5-14(18)6-4-13;1-10-14(9-23-15-7-4-12(8-19-15)17(21)22)16(20-24-10)11-2-5-13(18)6-3-11;1-7-10(6-14)11(13-15-7)8-2-4-9(12)5-3-8/h2-7,9H,10H2,1H3;2-8H,9H2,1H3,(H,21,22);2-5,14H,6H2,1H3. The molecule has 62 heavy (non-hydrogen) atoms. The molecule has 0 saturated carbocycles. The third-order valence-electron chi connectivity index (χ3n) is 9.04. The average molecular weight is 845 g/mol. The Balaban J connectivity index is 0.000000159. The Hall–Kier alpha value is -8.10. The third kappa shape index (κ3) is 10.9. The van der Waals surface area contributed by atoms with Gasteiger partial charge in [0.05, 0.1) is 28.9 Å². The number of carbonyl (C=O) groups is 1. The lowest BCUT2D eigenvalue weighted by Gasteiger charge is -2.06. The maximum atomic E-state index is 13.0. The molecule has 8 rings (SSSR count). The van der Waals surface area contributed by atoms with E-state index in [1.807, 2.05) is 6.07 Å².